The van der Waals surface area contributed by atoms with E-state index in [0.29, 0.717) is 15.4 Å². The van der Waals surface area contributed by atoms with Gasteiger partial charge in [-0.3, -0.25) is 0 Å². The topological polar surface area (TPSA) is 20.2 Å². The summed E-state index contributed by atoms with van der Waals surface area (Å²) in [7, 11) is 0. The lowest BCUT2D eigenvalue weighted by atomic mass is 10.2. The fraction of sp³-hybridized carbons (Fsp3) is 0.0769. The minimum Gasteiger partial charge on any atom is -0.392 e. The maximum atomic E-state index is 13.6. The molecule has 17 heavy (non-hydrogen) atoms. The Balaban J connectivity index is 2.28. The summed E-state index contributed by atoms with van der Waals surface area (Å²) >= 11 is 1.03. The molecule has 0 spiro atoms. The number of halogens is 2. The molecule has 0 unspecified atom stereocenters. The highest BCUT2D eigenvalue weighted by Gasteiger charge is 2.08. The van der Waals surface area contributed by atoms with Gasteiger partial charge in [0.05, 0.1) is 6.61 Å². The molecule has 0 bridgehead atoms. The van der Waals surface area contributed by atoms with Crippen LogP contribution < -0.4 is 0 Å². The molecule has 0 aliphatic rings. The second-order valence-electron chi connectivity index (χ2n) is 3.46. The van der Waals surface area contributed by atoms with Crippen molar-refractivity contribution in [1.82, 2.24) is 0 Å². The molecule has 0 amide bonds. The Labute approximate surface area is 102 Å². The van der Waals surface area contributed by atoms with E-state index in [-0.39, 0.29) is 12.4 Å². The van der Waals surface area contributed by atoms with E-state index in [1.54, 1.807) is 24.3 Å². The molecule has 0 fully saturated rings. The number of hydrogen-bond acceptors (Lipinski definition) is 2. The van der Waals surface area contributed by atoms with E-state index in [0.717, 1.165) is 11.8 Å². The van der Waals surface area contributed by atoms with Crippen LogP contribution in [-0.4, -0.2) is 5.11 Å². The summed E-state index contributed by atoms with van der Waals surface area (Å²) in [6.07, 6.45) is 0. The van der Waals surface area contributed by atoms with E-state index in [2.05, 4.69) is 0 Å². The van der Waals surface area contributed by atoms with Crippen LogP contribution >= 0.6 is 11.8 Å². The Morgan fingerprint density at radius 3 is 2.29 bits per heavy atom. The third-order valence-corrected chi connectivity index (χ3v) is 3.34. The molecule has 4 heteroatoms. The largest absolute Gasteiger partial charge is 0.392 e. The van der Waals surface area contributed by atoms with Gasteiger partial charge in [0.25, 0.3) is 0 Å². The zero-order valence-corrected chi connectivity index (χ0v) is 9.68. The maximum Gasteiger partial charge on any atom is 0.137 e. The minimum absolute atomic E-state index is 0.207. The molecule has 0 aliphatic heterocycles. The fourth-order valence-electron chi connectivity index (χ4n) is 1.37. The van der Waals surface area contributed by atoms with Crippen molar-refractivity contribution in [2.45, 2.75) is 16.4 Å². The van der Waals surface area contributed by atoms with Gasteiger partial charge in [-0.1, -0.05) is 30.0 Å². The monoisotopic (exact) mass is 252 g/mol. The zero-order valence-electron chi connectivity index (χ0n) is 8.86. The van der Waals surface area contributed by atoms with Crippen LogP contribution in [0.3, 0.4) is 0 Å². The lowest BCUT2D eigenvalue weighted by Gasteiger charge is -2.05. The Bertz CT molecular complexity index is 529. The molecule has 0 aromatic heterocycles. The molecular weight excluding hydrogens is 242 g/mol. The molecule has 0 aliphatic carbocycles. The summed E-state index contributed by atoms with van der Waals surface area (Å²) in [5, 5.41) is 8.85. The smallest absolute Gasteiger partial charge is 0.137 e. The van der Waals surface area contributed by atoms with E-state index in [4.69, 9.17) is 5.11 Å². The van der Waals surface area contributed by atoms with Crippen molar-refractivity contribution < 1.29 is 13.9 Å². The number of rotatable bonds is 3. The van der Waals surface area contributed by atoms with Gasteiger partial charge >= 0.3 is 0 Å². The van der Waals surface area contributed by atoms with Gasteiger partial charge in [0.1, 0.15) is 11.6 Å². The molecule has 2 rings (SSSR count). The first-order valence-corrected chi connectivity index (χ1v) is 5.84. The van der Waals surface area contributed by atoms with Crippen molar-refractivity contribution in [1.29, 1.82) is 0 Å². The summed E-state index contributed by atoms with van der Waals surface area (Å²) in [6, 6.07) is 10.6. The highest BCUT2D eigenvalue weighted by atomic mass is 32.2. The van der Waals surface area contributed by atoms with Gasteiger partial charge in [-0.05, 0) is 29.8 Å². The summed E-state index contributed by atoms with van der Waals surface area (Å²) in [5.41, 5.74) is 0.500. The second kappa shape index (κ2) is 5.29. The van der Waals surface area contributed by atoms with Crippen molar-refractivity contribution in [3.8, 4) is 0 Å². The van der Waals surface area contributed by atoms with Gasteiger partial charge in [-0.2, -0.15) is 0 Å². The first-order valence-electron chi connectivity index (χ1n) is 5.02. The molecule has 88 valence electrons. The minimum atomic E-state index is -0.454. The third-order valence-electron chi connectivity index (χ3n) is 2.24. The maximum absolute atomic E-state index is 13.6. The quantitative estimate of drug-likeness (QED) is 0.900. The summed E-state index contributed by atoms with van der Waals surface area (Å²) < 4.78 is 27.0. The van der Waals surface area contributed by atoms with Crippen molar-refractivity contribution in [2.24, 2.45) is 0 Å². The van der Waals surface area contributed by atoms with Crippen LogP contribution in [-0.2, 0) is 6.61 Å². The van der Waals surface area contributed by atoms with Crippen molar-refractivity contribution in [3.63, 3.8) is 0 Å². The zero-order chi connectivity index (χ0) is 12.3. The van der Waals surface area contributed by atoms with Crippen molar-refractivity contribution in [3.05, 3.63) is 59.7 Å². The molecule has 0 heterocycles. The van der Waals surface area contributed by atoms with Crippen molar-refractivity contribution >= 4 is 11.8 Å². The molecule has 1 N–H and O–H groups in total. The molecule has 2 aromatic carbocycles. The highest BCUT2D eigenvalue weighted by Crippen LogP contribution is 2.31. The van der Waals surface area contributed by atoms with E-state index < -0.39 is 5.82 Å². The standard InChI is InChI=1S/C13H10F2OS/c14-10-3-1-2-4-12(10)17-13-6-5-9(8-16)7-11(13)15/h1-7,16H,8H2. The molecule has 2 aromatic rings. The van der Waals surface area contributed by atoms with Gasteiger partial charge < -0.3 is 5.11 Å². The summed E-state index contributed by atoms with van der Waals surface area (Å²) in [5.74, 6) is -0.826. The van der Waals surface area contributed by atoms with Crippen LogP contribution in [0.15, 0.2) is 52.3 Å². The van der Waals surface area contributed by atoms with Crippen LogP contribution in [0.25, 0.3) is 0 Å². The SMILES string of the molecule is OCc1ccc(Sc2ccccc2F)c(F)c1. The van der Waals surface area contributed by atoms with Crippen LogP contribution in [0.2, 0.25) is 0 Å². The average molecular weight is 252 g/mol. The molecule has 1 nitrogen and oxygen atoms in total. The Kier molecular flexibility index (Phi) is 3.76. The van der Waals surface area contributed by atoms with Gasteiger partial charge in [-0.15, -0.1) is 0 Å². The van der Waals surface area contributed by atoms with Crippen LogP contribution in [0.5, 0.6) is 0 Å². The fourth-order valence-corrected chi connectivity index (χ4v) is 2.21. The second-order valence-corrected chi connectivity index (χ2v) is 4.54. The predicted octanol–water partition coefficient (Wildman–Crippen LogP) is 3.61. The van der Waals surface area contributed by atoms with Gasteiger partial charge in [0.15, 0.2) is 0 Å². The first-order chi connectivity index (χ1) is 8.20. The van der Waals surface area contributed by atoms with Crippen LogP contribution in [0.4, 0.5) is 8.78 Å². The Morgan fingerprint density at radius 2 is 1.65 bits per heavy atom. The van der Waals surface area contributed by atoms with E-state index in [1.165, 1.54) is 18.2 Å². The predicted molar refractivity (Wildman–Crippen MR) is 62.8 cm³/mol. The molecule has 0 saturated heterocycles. The molecular formula is C13H10F2OS. The van der Waals surface area contributed by atoms with E-state index >= 15 is 0 Å². The molecule has 0 atom stereocenters. The third kappa shape index (κ3) is 2.84. The Morgan fingerprint density at radius 1 is 0.941 bits per heavy atom. The first kappa shape index (κ1) is 12.1. The normalized spacial score (nSPS) is 10.5. The van der Waals surface area contributed by atoms with Gasteiger partial charge in [-0.25, -0.2) is 8.78 Å². The number of benzene rings is 2. The highest BCUT2D eigenvalue weighted by molar-refractivity contribution is 7.99. The van der Waals surface area contributed by atoms with Gasteiger partial charge in [0.2, 0.25) is 0 Å². The van der Waals surface area contributed by atoms with Gasteiger partial charge in [0, 0.05) is 9.79 Å². The lowest BCUT2D eigenvalue weighted by molar-refractivity contribution is 0.281. The van der Waals surface area contributed by atoms with Crippen LogP contribution in [0.1, 0.15) is 5.56 Å². The Hall–Kier alpha value is -1.39. The number of aliphatic hydroxyl groups is 1. The number of hydrogen-bond donors (Lipinski definition) is 1. The molecule has 0 saturated carbocycles. The average Bonchev–Trinajstić information content (AvgIpc) is 2.34. The van der Waals surface area contributed by atoms with Crippen molar-refractivity contribution in [2.75, 3.05) is 0 Å². The summed E-state index contributed by atoms with van der Waals surface area (Å²) in [6.45, 7) is -0.207. The van der Waals surface area contributed by atoms with Crippen LogP contribution in [0, 0.1) is 11.6 Å². The number of aliphatic hydroxyl groups excluding tert-OH is 1. The van der Waals surface area contributed by atoms with E-state index in [9.17, 15) is 8.78 Å². The molecule has 0 radical (unpaired) electrons. The van der Waals surface area contributed by atoms with E-state index in [1.807, 2.05) is 0 Å². The lowest BCUT2D eigenvalue weighted by Crippen LogP contribution is -1.88. The summed E-state index contributed by atoms with van der Waals surface area (Å²) in [4.78, 5) is 0.718.